The molecule has 0 unspecified atom stereocenters. The van der Waals surface area contributed by atoms with Crippen LogP contribution in [0, 0.1) is 5.82 Å². The molecule has 1 heterocycles. The second kappa shape index (κ2) is 3.17. The Morgan fingerprint density at radius 3 is 3.08 bits per heavy atom. The summed E-state index contributed by atoms with van der Waals surface area (Å²) in [5.41, 5.74) is 4.69. The zero-order valence-electron chi connectivity index (χ0n) is 6.33. The molecule has 1 aromatic heterocycles. The molecule has 0 spiro atoms. The third-order valence-electron chi connectivity index (χ3n) is 1.37. The number of allylic oxidation sites excluding steroid dienone is 1. The average molecular weight is 169 g/mol. The number of nitrogens with zero attached hydrogens (tertiary/aromatic N) is 2. The summed E-state index contributed by atoms with van der Waals surface area (Å²) in [6, 6.07) is 0. The molecule has 4 nitrogen and oxygen atoms in total. The van der Waals surface area contributed by atoms with E-state index in [4.69, 9.17) is 5.73 Å². The van der Waals surface area contributed by atoms with Gasteiger partial charge in [0.15, 0.2) is 5.82 Å². The van der Waals surface area contributed by atoms with Crippen molar-refractivity contribution in [1.82, 2.24) is 9.55 Å². The lowest BCUT2D eigenvalue weighted by Gasteiger charge is -2.04. The Morgan fingerprint density at radius 1 is 1.83 bits per heavy atom. The van der Waals surface area contributed by atoms with E-state index in [-0.39, 0.29) is 12.4 Å². The number of nitrogens with two attached hydrogens (primary N) is 1. The minimum absolute atomic E-state index is 0.162. The minimum atomic E-state index is -0.698. The first-order valence-electron chi connectivity index (χ1n) is 3.28. The molecule has 0 aliphatic carbocycles. The van der Waals surface area contributed by atoms with Gasteiger partial charge in [0.1, 0.15) is 5.82 Å². The fraction of sp³-hybridized carbons (Fsp3) is 0.143. The lowest BCUT2D eigenvalue weighted by molar-refractivity contribution is 0.592. The smallest absolute Gasteiger partial charge is 0.349 e. The molecule has 64 valence electrons. The molecule has 0 atom stereocenters. The van der Waals surface area contributed by atoms with Crippen LogP contribution in [0.3, 0.4) is 0 Å². The standard InChI is InChI=1S/C7H8FN3O/c1-2-3-11-6(9)5(8)4-10-7(11)12/h2,4H,1,3,9H2. The number of hydrogen-bond donors (Lipinski definition) is 1. The van der Waals surface area contributed by atoms with Gasteiger partial charge >= 0.3 is 5.69 Å². The van der Waals surface area contributed by atoms with Crippen LogP contribution in [-0.2, 0) is 6.54 Å². The minimum Gasteiger partial charge on any atom is -0.382 e. The van der Waals surface area contributed by atoms with Gasteiger partial charge in [-0.15, -0.1) is 6.58 Å². The number of aromatic nitrogens is 2. The Bertz CT molecular complexity index is 358. The van der Waals surface area contributed by atoms with Crippen LogP contribution < -0.4 is 11.4 Å². The van der Waals surface area contributed by atoms with E-state index in [0.717, 1.165) is 10.8 Å². The fourth-order valence-corrected chi connectivity index (χ4v) is 0.785. The van der Waals surface area contributed by atoms with E-state index in [1.165, 1.54) is 6.08 Å². The van der Waals surface area contributed by atoms with Crippen LogP contribution >= 0.6 is 0 Å². The monoisotopic (exact) mass is 169 g/mol. The molecule has 0 radical (unpaired) electrons. The van der Waals surface area contributed by atoms with Gasteiger partial charge in [0.2, 0.25) is 0 Å². The summed E-state index contributed by atoms with van der Waals surface area (Å²) in [5.74, 6) is -0.911. The van der Waals surface area contributed by atoms with Crippen LogP contribution in [0.1, 0.15) is 0 Å². The van der Waals surface area contributed by atoms with Crippen LogP contribution in [0.25, 0.3) is 0 Å². The van der Waals surface area contributed by atoms with Gasteiger partial charge in [-0.25, -0.2) is 9.18 Å². The van der Waals surface area contributed by atoms with Gasteiger partial charge in [-0.2, -0.15) is 4.98 Å². The van der Waals surface area contributed by atoms with Crippen LogP contribution in [0.2, 0.25) is 0 Å². The fourth-order valence-electron chi connectivity index (χ4n) is 0.785. The molecule has 2 N–H and O–H groups in total. The summed E-state index contributed by atoms with van der Waals surface area (Å²) in [5, 5.41) is 0. The van der Waals surface area contributed by atoms with E-state index >= 15 is 0 Å². The molecule has 0 aliphatic rings. The molecule has 0 aromatic carbocycles. The molecule has 12 heavy (non-hydrogen) atoms. The predicted octanol–water partition coefficient (Wildman–Crippen LogP) is 0.151. The van der Waals surface area contributed by atoms with Crippen LogP contribution in [0.15, 0.2) is 23.6 Å². The Kier molecular flexibility index (Phi) is 2.23. The third-order valence-corrected chi connectivity index (χ3v) is 1.37. The van der Waals surface area contributed by atoms with Crippen molar-refractivity contribution in [2.75, 3.05) is 5.73 Å². The average Bonchev–Trinajstić information content (AvgIpc) is 2.06. The van der Waals surface area contributed by atoms with Gasteiger partial charge < -0.3 is 5.73 Å². The second-order valence-electron chi connectivity index (χ2n) is 2.17. The summed E-state index contributed by atoms with van der Waals surface area (Å²) in [6.45, 7) is 3.56. The maximum atomic E-state index is 12.7. The van der Waals surface area contributed by atoms with Gasteiger partial charge in [-0.05, 0) is 0 Å². The van der Waals surface area contributed by atoms with Crippen molar-refractivity contribution in [2.24, 2.45) is 0 Å². The molecular formula is C7H8FN3O. The lowest BCUT2D eigenvalue weighted by atomic mass is 10.5. The van der Waals surface area contributed by atoms with Crippen LogP contribution in [0.5, 0.6) is 0 Å². The summed E-state index contributed by atoms with van der Waals surface area (Å²) in [6.07, 6.45) is 2.25. The zero-order valence-corrected chi connectivity index (χ0v) is 6.33. The predicted molar refractivity (Wildman–Crippen MR) is 43.1 cm³/mol. The van der Waals surface area contributed by atoms with E-state index in [9.17, 15) is 9.18 Å². The highest BCUT2D eigenvalue weighted by Crippen LogP contribution is 2.03. The van der Waals surface area contributed by atoms with Crippen molar-refractivity contribution in [1.29, 1.82) is 0 Å². The molecule has 0 aliphatic heterocycles. The molecule has 0 fully saturated rings. The van der Waals surface area contributed by atoms with Gasteiger partial charge in [-0.1, -0.05) is 6.08 Å². The Balaban J connectivity index is 3.32. The van der Waals surface area contributed by atoms with Crippen molar-refractivity contribution in [2.45, 2.75) is 6.54 Å². The number of nitrogen functional groups attached to an aromatic ring is 1. The molecule has 1 aromatic rings. The van der Waals surface area contributed by atoms with E-state index in [2.05, 4.69) is 11.6 Å². The normalized spacial score (nSPS) is 9.75. The van der Waals surface area contributed by atoms with Gasteiger partial charge in [0.05, 0.1) is 6.20 Å². The van der Waals surface area contributed by atoms with Crippen LogP contribution in [0.4, 0.5) is 10.2 Å². The van der Waals surface area contributed by atoms with Crippen molar-refractivity contribution in [3.8, 4) is 0 Å². The molecule has 0 saturated carbocycles. The van der Waals surface area contributed by atoms with Crippen molar-refractivity contribution >= 4 is 5.82 Å². The number of halogens is 1. The lowest BCUT2D eigenvalue weighted by Crippen LogP contribution is -2.25. The summed E-state index contributed by atoms with van der Waals surface area (Å²) in [7, 11) is 0. The van der Waals surface area contributed by atoms with E-state index in [1.54, 1.807) is 0 Å². The first-order valence-corrected chi connectivity index (χ1v) is 3.28. The van der Waals surface area contributed by atoms with Crippen molar-refractivity contribution in [3.05, 3.63) is 35.2 Å². The largest absolute Gasteiger partial charge is 0.382 e. The van der Waals surface area contributed by atoms with E-state index in [1.807, 2.05) is 0 Å². The Morgan fingerprint density at radius 2 is 2.50 bits per heavy atom. The molecule has 1 rings (SSSR count). The molecule has 0 saturated heterocycles. The zero-order chi connectivity index (χ0) is 9.14. The molecule has 5 heteroatoms. The summed E-state index contributed by atoms with van der Waals surface area (Å²) < 4.78 is 13.7. The maximum absolute atomic E-state index is 12.7. The first kappa shape index (κ1) is 8.45. The highest BCUT2D eigenvalue weighted by molar-refractivity contribution is 5.28. The quantitative estimate of drug-likeness (QED) is 0.641. The highest BCUT2D eigenvalue weighted by Gasteiger charge is 2.04. The van der Waals surface area contributed by atoms with Crippen LogP contribution in [-0.4, -0.2) is 9.55 Å². The van der Waals surface area contributed by atoms with Crippen molar-refractivity contribution < 1.29 is 4.39 Å². The van der Waals surface area contributed by atoms with Crippen molar-refractivity contribution in [3.63, 3.8) is 0 Å². The van der Waals surface area contributed by atoms with E-state index in [0.29, 0.717) is 0 Å². The first-order chi connectivity index (χ1) is 5.66. The number of hydrogen-bond acceptors (Lipinski definition) is 3. The Labute approximate surface area is 68.2 Å². The number of anilines is 1. The van der Waals surface area contributed by atoms with E-state index < -0.39 is 11.5 Å². The molecular weight excluding hydrogens is 161 g/mol. The summed E-state index contributed by atoms with van der Waals surface area (Å²) in [4.78, 5) is 14.2. The molecule has 0 amide bonds. The molecule has 0 bridgehead atoms. The van der Waals surface area contributed by atoms with Gasteiger partial charge in [-0.3, -0.25) is 4.57 Å². The number of rotatable bonds is 2. The summed E-state index contributed by atoms with van der Waals surface area (Å²) >= 11 is 0. The maximum Gasteiger partial charge on any atom is 0.349 e. The van der Waals surface area contributed by atoms with Gasteiger partial charge in [0, 0.05) is 6.54 Å². The third kappa shape index (κ3) is 1.34. The van der Waals surface area contributed by atoms with Gasteiger partial charge in [0.25, 0.3) is 0 Å². The highest BCUT2D eigenvalue weighted by atomic mass is 19.1. The Hall–Kier alpha value is -1.65. The SMILES string of the molecule is C=CCn1c(N)c(F)cnc1=O. The topological polar surface area (TPSA) is 60.9 Å². The second-order valence-corrected chi connectivity index (χ2v) is 2.17.